The van der Waals surface area contributed by atoms with Crippen molar-refractivity contribution in [1.82, 2.24) is 0 Å². The first-order valence-corrected chi connectivity index (χ1v) is 7.35. The Bertz CT molecular complexity index is 639. The first-order chi connectivity index (χ1) is 10.0. The summed E-state index contributed by atoms with van der Waals surface area (Å²) in [5, 5.41) is 12.6. The SMILES string of the molecule is Cc1ccc(O)c(NC(=O)[C@H]2[C@H]3C[C@@H]4[C@@H]2C(=O)O[C@H]4C3)c1. The monoisotopic (exact) mass is 287 g/mol. The first-order valence-electron chi connectivity index (χ1n) is 7.35. The van der Waals surface area contributed by atoms with E-state index in [1.165, 1.54) is 0 Å². The number of carbonyl (C=O) groups is 2. The number of amides is 1. The van der Waals surface area contributed by atoms with Gasteiger partial charge in [0.1, 0.15) is 11.9 Å². The van der Waals surface area contributed by atoms with E-state index in [0.717, 1.165) is 18.4 Å². The van der Waals surface area contributed by atoms with Crippen molar-refractivity contribution < 1.29 is 19.4 Å². The quantitative estimate of drug-likeness (QED) is 0.643. The maximum Gasteiger partial charge on any atom is 0.310 e. The van der Waals surface area contributed by atoms with Gasteiger partial charge in [0.05, 0.1) is 17.5 Å². The summed E-state index contributed by atoms with van der Waals surface area (Å²) >= 11 is 0. The molecule has 2 aliphatic carbocycles. The molecule has 4 rings (SSSR count). The van der Waals surface area contributed by atoms with Crippen molar-refractivity contribution in [3.63, 3.8) is 0 Å². The number of nitrogens with one attached hydrogen (secondary N) is 1. The molecular formula is C16H17NO4. The molecule has 0 radical (unpaired) electrons. The lowest BCUT2D eigenvalue weighted by atomic mass is 9.79. The molecule has 2 bridgehead atoms. The van der Waals surface area contributed by atoms with E-state index in [2.05, 4.69) is 5.32 Å². The molecular weight excluding hydrogens is 270 g/mol. The number of phenols is 1. The lowest BCUT2D eigenvalue weighted by Crippen LogP contribution is -2.35. The van der Waals surface area contributed by atoms with E-state index >= 15 is 0 Å². The van der Waals surface area contributed by atoms with E-state index in [9.17, 15) is 14.7 Å². The fourth-order valence-corrected chi connectivity index (χ4v) is 4.33. The summed E-state index contributed by atoms with van der Waals surface area (Å²) in [6.45, 7) is 1.89. The smallest absolute Gasteiger partial charge is 0.310 e. The Labute approximate surface area is 122 Å². The second-order valence-corrected chi connectivity index (χ2v) is 6.43. The normalized spacial score (nSPS) is 35.9. The number of aryl methyl sites for hydroxylation is 1. The molecule has 3 aliphatic rings. The second-order valence-electron chi connectivity index (χ2n) is 6.43. The minimum absolute atomic E-state index is 0.0314. The van der Waals surface area contributed by atoms with Crippen LogP contribution in [0.5, 0.6) is 5.75 Å². The fourth-order valence-electron chi connectivity index (χ4n) is 4.33. The number of esters is 1. The number of hydrogen-bond acceptors (Lipinski definition) is 4. The van der Waals surface area contributed by atoms with Crippen molar-refractivity contribution in [2.45, 2.75) is 25.9 Å². The number of benzene rings is 1. The van der Waals surface area contributed by atoms with Gasteiger partial charge in [0.25, 0.3) is 0 Å². The van der Waals surface area contributed by atoms with Crippen LogP contribution < -0.4 is 5.32 Å². The summed E-state index contributed by atoms with van der Waals surface area (Å²) in [6.07, 6.45) is 1.73. The van der Waals surface area contributed by atoms with E-state index in [1.807, 2.05) is 6.92 Å². The van der Waals surface area contributed by atoms with Gasteiger partial charge in [-0.25, -0.2) is 0 Å². The van der Waals surface area contributed by atoms with E-state index < -0.39 is 0 Å². The Hall–Kier alpha value is -2.04. The maximum atomic E-state index is 12.6. The lowest BCUT2D eigenvalue weighted by molar-refractivity contribution is -0.145. The second kappa shape index (κ2) is 4.23. The molecule has 5 atom stereocenters. The highest BCUT2D eigenvalue weighted by Crippen LogP contribution is 2.57. The molecule has 3 fully saturated rings. The van der Waals surface area contributed by atoms with Gasteiger partial charge in [-0.2, -0.15) is 0 Å². The van der Waals surface area contributed by atoms with Crippen LogP contribution in [0.15, 0.2) is 18.2 Å². The zero-order valence-corrected chi connectivity index (χ0v) is 11.7. The molecule has 2 saturated carbocycles. The van der Waals surface area contributed by atoms with Crippen LogP contribution in [0, 0.1) is 30.6 Å². The third-order valence-electron chi connectivity index (χ3n) is 5.20. The van der Waals surface area contributed by atoms with Crippen molar-refractivity contribution in [2.75, 3.05) is 5.32 Å². The number of hydrogen-bond donors (Lipinski definition) is 2. The molecule has 1 saturated heterocycles. The number of phenolic OH excluding ortho intramolecular Hbond substituents is 1. The Balaban J connectivity index is 1.58. The molecule has 1 aromatic carbocycles. The highest BCUT2D eigenvalue weighted by Gasteiger charge is 2.63. The molecule has 1 heterocycles. The van der Waals surface area contributed by atoms with Gasteiger partial charge in [-0.05, 0) is 43.4 Å². The standard InChI is InChI=1S/C16H17NO4/c1-7-2-3-11(18)10(4-7)17-15(19)13-8-5-9-12(6-8)21-16(20)14(9)13/h2-4,8-9,12-14,18H,5-6H2,1H3,(H,17,19)/t8-,9-,12-,13-,14-/m0/s1. The predicted molar refractivity (Wildman–Crippen MR) is 74.5 cm³/mol. The van der Waals surface area contributed by atoms with Gasteiger partial charge in [0.2, 0.25) is 5.91 Å². The predicted octanol–water partition coefficient (Wildman–Crippen LogP) is 1.84. The third kappa shape index (κ3) is 1.76. The van der Waals surface area contributed by atoms with E-state index in [-0.39, 0.29) is 47.4 Å². The van der Waals surface area contributed by atoms with Gasteiger partial charge in [-0.3, -0.25) is 9.59 Å². The Kier molecular flexibility index (Phi) is 2.55. The molecule has 0 aromatic heterocycles. The molecule has 0 spiro atoms. The number of aromatic hydroxyl groups is 1. The van der Waals surface area contributed by atoms with Crippen LogP contribution in [-0.4, -0.2) is 23.1 Å². The van der Waals surface area contributed by atoms with Crippen molar-refractivity contribution in [1.29, 1.82) is 0 Å². The topological polar surface area (TPSA) is 75.6 Å². The highest BCUT2D eigenvalue weighted by molar-refractivity contribution is 5.97. The minimum atomic E-state index is -0.318. The van der Waals surface area contributed by atoms with E-state index in [4.69, 9.17) is 4.74 Å². The van der Waals surface area contributed by atoms with Crippen molar-refractivity contribution in [2.24, 2.45) is 23.7 Å². The van der Waals surface area contributed by atoms with Crippen molar-refractivity contribution >= 4 is 17.6 Å². The zero-order chi connectivity index (χ0) is 14.7. The largest absolute Gasteiger partial charge is 0.506 e. The van der Waals surface area contributed by atoms with Gasteiger partial charge in [0, 0.05) is 5.92 Å². The Morgan fingerprint density at radius 1 is 1.38 bits per heavy atom. The number of fused-ring (bicyclic) bond motifs is 1. The van der Waals surface area contributed by atoms with Crippen LogP contribution >= 0.6 is 0 Å². The highest BCUT2D eigenvalue weighted by atomic mass is 16.6. The summed E-state index contributed by atoms with van der Waals surface area (Å²) in [5.41, 5.74) is 1.36. The summed E-state index contributed by atoms with van der Waals surface area (Å²) in [4.78, 5) is 24.5. The Morgan fingerprint density at radius 3 is 3.00 bits per heavy atom. The first kappa shape index (κ1) is 12.7. The van der Waals surface area contributed by atoms with E-state index in [1.54, 1.807) is 18.2 Å². The van der Waals surface area contributed by atoms with Crippen molar-refractivity contribution in [3.8, 4) is 5.75 Å². The summed E-state index contributed by atoms with van der Waals surface area (Å²) in [6, 6.07) is 5.07. The average molecular weight is 287 g/mol. The van der Waals surface area contributed by atoms with Crippen molar-refractivity contribution in [3.05, 3.63) is 23.8 Å². The van der Waals surface area contributed by atoms with Crippen LogP contribution in [0.2, 0.25) is 0 Å². The van der Waals surface area contributed by atoms with Crippen LogP contribution in [0.3, 0.4) is 0 Å². The average Bonchev–Trinajstić information content (AvgIpc) is 3.03. The molecule has 5 nitrogen and oxygen atoms in total. The molecule has 1 amide bonds. The number of ether oxygens (including phenoxy) is 1. The molecule has 2 N–H and O–H groups in total. The van der Waals surface area contributed by atoms with Crippen LogP contribution in [0.25, 0.3) is 0 Å². The molecule has 1 aromatic rings. The maximum absolute atomic E-state index is 12.6. The van der Waals surface area contributed by atoms with Gasteiger partial charge in [0.15, 0.2) is 0 Å². The van der Waals surface area contributed by atoms with Gasteiger partial charge < -0.3 is 15.2 Å². The third-order valence-corrected chi connectivity index (χ3v) is 5.20. The van der Waals surface area contributed by atoms with Gasteiger partial charge in [-0.1, -0.05) is 6.07 Å². The number of rotatable bonds is 2. The Morgan fingerprint density at radius 2 is 2.19 bits per heavy atom. The van der Waals surface area contributed by atoms with E-state index in [0.29, 0.717) is 5.69 Å². The zero-order valence-electron chi connectivity index (χ0n) is 11.7. The van der Waals surface area contributed by atoms with Crippen LogP contribution in [0.4, 0.5) is 5.69 Å². The van der Waals surface area contributed by atoms with Crippen LogP contribution in [0.1, 0.15) is 18.4 Å². The van der Waals surface area contributed by atoms with Crippen LogP contribution in [-0.2, 0) is 14.3 Å². The number of anilines is 1. The molecule has 21 heavy (non-hydrogen) atoms. The molecule has 110 valence electrons. The lowest BCUT2D eigenvalue weighted by Gasteiger charge is -2.23. The molecule has 0 unspecified atom stereocenters. The number of carbonyl (C=O) groups excluding carboxylic acids is 2. The molecule has 5 heteroatoms. The molecule has 1 aliphatic heterocycles. The van der Waals surface area contributed by atoms with Gasteiger partial charge >= 0.3 is 5.97 Å². The summed E-state index contributed by atoms with van der Waals surface area (Å²) in [5.74, 6) is -0.525. The minimum Gasteiger partial charge on any atom is -0.506 e. The summed E-state index contributed by atoms with van der Waals surface area (Å²) in [7, 11) is 0. The fraction of sp³-hybridized carbons (Fsp3) is 0.500. The summed E-state index contributed by atoms with van der Waals surface area (Å²) < 4.78 is 5.34. The van der Waals surface area contributed by atoms with Gasteiger partial charge in [-0.15, -0.1) is 0 Å².